The van der Waals surface area contributed by atoms with Gasteiger partial charge in [-0.25, -0.2) is 0 Å². The van der Waals surface area contributed by atoms with E-state index in [4.69, 9.17) is 0 Å². The number of aromatic nitrogens is 3. The van der Waals surface area contributed by atoms with Crippen LogP contribution in [0.1, 0.15) is 47.1 Å². The van der Waals surface area contributed by atoms with E-state index in [0.717, 1.165) is 18.9 Å². The van der Waals surface area contributed by atoms with E-state index in [0.29, 0.717) is 30.9 Å². The van der Waals surface area contributed by atoms with E-state index in [1.54, 1.807) is 18.2 Å². The van der Waals surface area contributed by atoms with Crippen molar-refractivity contribution >= 4 is 5.91 Å². The summed E-state index contributed by atoms with van der Waals surface area (Å²) in [7, 11) is 0. The Morgan fingerprint density at radius 2 is 2.12 bits per heavy atom. The number of carbonyl (C=O) groups is 1. The molecule has 1 aliphatic carbocycles. The molecule has 2 aromatic rings. The lowest BCUT2D eigenvalue weighted by molar-refractivity contribution is -0.141. The number of nitrogens with one attached hydrogen (secondary N) is 1. The van der Waals surface area contributed by atoms with Gasteiger partial charge in [-0.2, -0.15) is 18.3 Å². The maximum Gasteiger partial charge on any atom is 0.435 e. The van der Waals surface area contributed by atoms with Crippen molar-refractivity contribution in [3.63, 3.8) is 0 Å². The summed E-state index contributed by atoms with van der Waals surface area (Å²) in [6.45, 7) is 0.686. The Morgan fingerprint density at radius 1 is 1.33 bits per heavy atom. The minimum atomic E-state index is -4.43. The Bertz CT molecular complexity index is 708. The topological polar surface area (TPSA) is 59.8 Å². The van der Waals surface area contributed by atoms with Crippen molar-refractivity contribution in [1.29, 1.82) is 0 Å². The van der Waals surface area contributed by atoms with E-state index >= 15 is 0 Å². The van der Waals surface area contributed by atoms with Crippen LogP contribution in [0.2, 0.25) is 0 Å². The minimum absolute atomic E-state index is 0.178. The van der Waals surface area contributed by atoms with E-state index < -0.39 is 11.9 Å². The Labute approximate surface area is 136 Å². The number of hydrogen-bond donors (Lipinski definition) is 1. The average molecular weight is 338 g/mol. The fourth-order valence-corrected chi connectivity index (χ4v) is 2.47. The molecule has 1 aliphatic rings. The number of hydrogen-bond acceptors (Lipinski definition) is 3. The maximum atomic E-state index is 12.8. The monoisotopic (exact) mass is 338 g/mol. The summed E-state index contributed by atoms with van der Waals surface area (Å²) in [5.41, 5.74) is 0.106. The highest BCUT2D eigenvalue weighted by Crippen LogP contribution is 2.42. The molecule has 0 spiro atoms. The van der Waals surface area contributed by atoms with Crippen LogP contribution in [-0.2, 0) is 12.7 Å². The summed E-state index contributed by atoms with van der Waals surface area (Å²) >= 11 is 0. The number of alkyl halides is 3. The summed E-state index contributed by atoms with van der Waals surface area (Å²) in [4.78, 5) is 15.8. The lowest BCUT2D eigenvalue weighted by Gasteiger charge is -2.08. The van der Waals surface area contributed by atoms with E-state index in [1.165, 1.54) is 10.9 Å². The molecule has 1 fully saturated rings. The molecule has 0 atom stereocenters. The molecule has 0 bridgehead atoms. The first-order valence-electron chi connectivity index (χ1n) is 7.79. The lowest BCUT2D eigenvalue weighted by atomic mass is 10.2. The molecule has 1 amide bonds. The molecule has 0 unspecified atom stereocenters. The number of pyridine rings is 1. The van der Waals surface area contributed by atoms with Crippen molar-refractivity contribution in [2.75, 3.05) is 6.54 Å². The summed E-state index contributed by atoms with van der Waals surface area (Å²) in [5.74, 6) is -0.119. The van der Waals surface area contributed by atoms with Crippen molar-refractivity contribution in [2.24, 2.45) is 0 Å². The van der Waals surface area contributed by atoms with Gasteiger partial charge in [0.1, 0.15) is 5.69 Å². The second-order valence-electron chi connectivity index (χ2n) is 5.77. The first-order valence-corrected chi connectivity index (χ1v) is 7.79. The SMILES string of the molecule is O=C(NCCCn1nc(C(F)(F)F)cc1C1CC1)c1ccccn1. The van der Waals surface area contributed by atoms with Crippen LogP contribution in [-0.4, -0.2) is 27.2 Å². The Kier molecular flexibility index (Phi) is 4.55. The van der Waals surface area contributed by atoms with Gasteiger partial charge in [0.05, 0.1) is 0 Å². The highest BCUT2D eigenvalue weighted by molar-refractivity contribution is 5.92. The normalized spacial score (nSPS) is 14.6. The molecule has 128 valence electrons. The average Bonchev–Trinajstić information content (AvgIpc) is 3.30. The molecule has 3 rings (SSSR count). The summed E-state index contributed by atoms with van der Waals surface area (Å²) < 4.78 is 39.8. The van der Waals surface area contributed by atoms with Gasteiger partial charge in [0.25, 0.3) is 5.91 Å². The molecule has 0 aromatic carbocycles. The van der Waals surface area contributed by atoms with Gasteiger partial charge < -0.3 is 5.32 Å². The molecule has 0 radical (unpaired) electrons. The predicted octanol–water partition coefficient (Wildman–Crippen LogP) is 2.99. The van der Waals surface area contributed by atoms with Crippen LogP contribution in [0.3, 0.4) is 0 Å². The fraction of sp³-hybridized carbons (Fsp3) is 0.438. The molecular weight excluding hydrogens is 321 g/mol. The number of amides is 1. The first-order chi connectivity index (χ1) is 11.4. The number of nitrogens with zero attached hydrogens (tertiary/aromatic N) is 3. The highest BCUT2D eigenvalue weighted by atomic mass is 19.4. The van der Waals surface area contributed by atoms with Crippen LogP contribution in [0.4, 0.5) is 13.2 Å². The van der Waals surface area contributed by atoms with Crippen LogP contribution in [0.25, 0.3) is 0 Å². The Balaban J connectivity index is 1.55. The summed E-state index contributed by atoms with van der Waals surface area (Å²) in [6.07, 6.45) is -0.600. The zero-order valence-electron chi connectivity index (χ0n) is 12.9. The Hall–Kier alpha value is -2.38. The quantitative estimate of drug-likeness (QED) is 0.824. The third kappa shape index (κ3) is 3.93. The van der Waals surface area contributed by atoms with Gasteiger partial charge in [-0.1, -0.05) is 6.07 Å². The smallest absolute Gasteiger partial charge is 0.351 e. The van der Waals surface area contributed by atoms with E-state index in [9.17, 15) is 18.0 Å². The maximum absolute atomic E-state index is 12.8. The van der Waals surface area contributed by atoms with Crippen LogP contribution in [0.15, 0.2) is 30.5 Å². The van der Waals surface area contributed by atoms with E-state index in [2.05, 4.69) is 15.4 Å². The molecule has 0 aliphatic heterocycles. The van der Waals surface area contributed by atoms with Crippen molar-refractivity contribution in [3.05, 3.63) is 47.5 Å². The van der Waals surface area contributed by atoms with E-state index in [-0.39, 0.29) is 11.8 Å². The molecule has 1 saturated carbocycles. The zero-order chi connectivity index (χ0) is 17.2. The molecule has 2 aromatic heterocycles. The molecule has 2 heterocycles. The number of aryl methyl sites for hydroxylation is 1. The van der Waals surface area contributed by atoms with Gasteiger partial charge in [-0.05, 0) is 37.5 Å². The van der Waals surface area contributed by atoms with E-state index in [1.807, 2.05) is 0 Å². The van der Waals surface area contributed by atoms with Gasteiger partial charge in [0.15, 0.2) is 5.69 Å². The van der Waals surface area contributed by atoms with Crippen LogP contribution < -0.4 is 5.32 Å². The van der Waals surface area contributed by atoms with Crippen LogP contribution >= 0.6 is 0 Å². The lowest BCUT2D eigenvalue weighted by Crippen LogP contribution is -2.26. The van der Waals surface area contributed by atoms with Gasteiger partial charge in [0.2, 0.25) is 0 Å². The standard InChI is InChI=1S/C16H17F3N4O/c17-16(18,19)14-10-13(11-5-6-11)23(22-14)9-3-8-21-15(24)12-4-1-2-7-20-12/h1-2,4,7,10-11H,3,5-6,8-9H2,(H,21,24). The number of halogens is 3. The third-order valence-corrected chi connectivity index (χ3v) is 3.83. The van der Waals surface area contributed by atoms with Gasteiger partial charge in [0, 0.05) is 30.9 Å². The van der Waals surface area contributed by atoms with Crippen LogP contribution in [0, 0.1) is 0 Å². The molecule has 0 saturated heterocycles. The van der Waals surface area contributed by atoms with Gasteiger partial charge in [-0.15, -0.1) is 0 Å². The molecule has 8 heteroatoms. The largest absolute Gasteiger partial charge is 0.435 e. The van der Waals surface area contributed by atoms with Crippen molar-refractivity contribution in [2.45, 2.75) is 37.9 Å². The highest BCUT2D eigenvalue weighted by Gasteiger charge is 2.37. The third-order valence-electron chi connectivity index (χ3n) is 3.83. The summed E-state index contributed by atoms with van der Waals surface area (Å²) in [6, 6.07) is 6.17. The van der Waals surface area contributed by atoms with Crippen molar-refractivity contribution in [3.8, 4) is 0 Å². The minimum Gasteiger partial charge on any atom is -0.351 e. The Morgan fingerprint density at radius 3 is 2.75 bits per heavy atom. The predicted molar refractivity (Wildman–Crippen MR) is 80.4 cm³/mol. The first kappa shape index (κ1) is 16.5. The van der Waals surface area contributed by atoms with Gasteiger partial charge >= 0.3 is 6.18 Å². The van der Waals surface area contributed by atoms with Crippen molar-refractivity contribution in [1.82, 2.24) is 20.1 Å². The second-order valence-corrected chi connectivity index (χ2v) is 5.77. The van der Waals surface area contributed by atoms with Crippen LogP contribution in [0.5, 0.6) is 0 Å². The fourth-order valence-electron chi connectivity index (χ4n) is 2.47. The molecule has 24 heavy (non-hydrogen) atoms. The van der Waals surface area contributed by atoms with Gasteiger partial charge in [-0.3, -0.25) is 14.5 Å². The zero-order valence-corrected chi connectivity index (χ0v) is 12.9. The molecule has 5 nitrogen and oxygen atoms in total. The number of rotatable bonds is 6. The van der Waals surface area contributed by atoms with Crippen molar-refractivity contribution < 1.29 is 18.0 Å². The molecular formula is C16H17F3N4O. The number of carbonyl (C=O) groups excluding carboxylic acids is 1. The molecule has 1 N–H and O–H groups in total. The summed E-state index contributed by atoms with van der Waals surface area (Å²) in [5, 5.41) is 6.39. The second kappa shape index (κ2) is 6.62.